The highest BCUT2D eigenvalue weighted by atomic mass is 16.2. The summed E-state index contributed by atoms with van der Waals surface area (Å²) in [6.45, 7) is 6.37. The Bertz CT molecular complexity index is 462. The summed E-state index contributed by atoms with van der Waals surface area (Å²) in [5.41, 5.74) is 0.469. The van der Waals surface area contributed by atoms with Gasteiger partial charge in [-0.1, -0.05) is 18.2 Å². The summed E-state index contributed by atoms with van der Waals surface area (Å²) in [7, 11) is 4.02. The van der Waals surface area contributed by atoms with E-state index in [4.69, 9.17) is 0 Å². The Morgan fingerprint density at radius 3 is 2.24 bits per heavy atom. The summed E-state index contributed by atoms with van der Waals surface area (Å²) >= 11 is 0. The molecule has 0 spiro atoms. The lowest BCUT2D eigenvalue weighted by Gasteiger charge is -2.45. The summed E-state index contributed by atoms with van der Waals surface area (Å²) in [6.07, 6.45) is 1.74. The average Bonchev–Trinajstić information content (AvgIpc) is 2.48. The molecule has 21 heavy (non-hydrogen) atoms. The molecule has 0 aromatic heterocycles. The molecule has 1 aromatic carbocycles. The molecule has 0 radical (unpaired) electrons. The highest BCUT2D eigenvalue weighted by molar-refractivity contribution is 5.98. The number of likely N-dealkylation sites (tertiary alicyclic amines) is 1. The predicted octanol–water partition coefficient (Wildman–Crippen LogP) is 2.43. The van der Waals surface area contributed by atoms with Gasteiger partial charge in [0.15, 0.2) is 0 Å². The van der Waals surface area contributed by atoms with Gasteiger partial charge >= 0.3 is 0 Å². The van der Waals surface area contributed by atoms with Crippen LogP contribution in [0.3, 0.4) is 0 Å². The Labute approximate surface area is 128 Å². The Hall–Kier alpha value is -1.39. The number of anilines is 1. The first-order valence-electron chi connectivity index (χ1n) is 7.74. The number of hydrogen-bond donors (Lipinski definition) is 1. The fourth-order valence-corrected chi connectivity index (χ4v) is 3.06. The number of carbonyl (C=O) groups excluding carboxylic acids is 1. The Morgan fingerprint density at radius 1 is 1.19 bits per heavy atom. The van der Waals surface area contributed by atoms with E-state index >= 15 is 0 Å². The van der Waals surface area contributed by atoms with Gasteiger partial charge in [-0.3, -0.25) is 9.69 Å². The van der Waals surface area contributed by atoms with E-state index in [0.29, 0.717) is 6.04 Å². The molecule has 1 aliphatic heterocycles. The van der Waals surface area contributed by atoms with Crippen molar-refractivity contribution in [3.8, 4) is 0 Å². The molecule has 1 aromatic rings. The molecule has 1 amide bonds. The van der Waals surface area contributed by atoms with Gasteiger partial charge in [0.1, 0.15) is 5.54 Å². The second-order valence-corrected chi connectivity index (χ2v) is 6.38. The molecule has 1 fully saturated rings. The van der Waals surface area contributed by atoms with Crippen LogP contribution in [-0.4, -0.2) is 54.5 Å². The highest BCUT2D eigenvalue weighted by Crippen LogP contribution is 2.29. The van der Waals surface area contributed by atoms with Crippen molar-refractivity contribution in [1.82, 2.24) is 9.80 Å². The maximum absolute atomic E-state index is 12.8. The first-order valence-corrected chi connectivity index (χ1v) is 7.74. The molecule has 1 heterocycles. The van der Waals surface area contributed by atoms with Gasteiger partial charge < -0.3 is 10.2 Å². The van der Waals surface area contributed by atoms with Crippen LogP contribution in [-0.2, 0) is 4.79 Å². The lowest BCUT2D eigenvalue weighted by atomic mass is 9.84. The number of nitrogens with one attached hydrogen (secondary N) is 1. The third kappa shape index (κ3) is 3.44. The molecular weight excluding hydrogens is 262 g/mol. The van der Waals surface area contributed by atoms with Crippen molar-refractivity contribution in [2.24, 2.45) is 0 Å². The number of nitrogens with zero attached hydrogens (tertiary/aromatic N) is 2. The largest absolute Gasteiger partial charge is 0.324 e. The average molecular weight is 289 g/mol. The molecular formula is C17H27N3O. The zero-order chi connectivity index (χ0) is 15.5. The molecule has 116 valence electrons. The third-order valence-corrected chi connectivity index (χ3v) is 4.67. The van der Waals surface area contributed by atoms with Crippen LogP contribution in [0, 0.1) is 0 Å². The molecule has 0 atom stereocenters. The van der Waals surface area contributed by atoms with Crippen molar-refractivity contribution in [2.45, 2.75) is 38.3 Å². The zero-order valence-electron chi connectivity index (χ0n) is 13.6. The van der Waals surface area contributed by atoms with Gasteiger partial charge in [-0.25, -0.2) is 0 Å². The number of likely N-dealkylation sites (N-methyl/N-ethyl adjacent to an activating group) is 1. The standard InChI is InChI=1S/C17H27N3O/c1-14(2)20-12-10-17(11-13-20,19(3)4)16(21)18-15-8-6-5-7-9-15/h5-9,14H,10-13H2,1-4H3,(H,18,21). The Morgan fingerprint density at radius 2 is 1.76 bits per heavy atom. The van der Waals surface area contributed by atoms with E-state index in [9.17, 15) is 4.79 Å². The van der Waals surface area contributed by atoms with E-state index in [-0.39, 0.29) is 5.91 Å². The van der Waals surface area contributed by atoms with Gasteiger partial charge in [0, 0.05) is 24.8 Å². The molecule has 1 N–H and O–H groups in total. The van der Waals surface area contributed by atoms with Crippen LogP contribution >= 0.6 is 0 Å². The summed E-state index contributed by atoms with van der Waals surface area (Å²) < 4.78 is 0. The fourth-order valence-electron chi connectivity index (χ4n) is 3.06. The number of para-hydroxylation sites is 1. The van der Waals surface area contributed by atoms with Crippen LogP contribution in [0.2, 0.25) is 0 Å². The molecule has 4 heteroatoms. The SMILES string of the molecule is CC(C)N1CCC(C(=O)Nc2ccccc2)(N(C)C)CC1. The monoisotopic (exact) mass is 289 g/mol. The van der Waals surface area contributed by atoms with Crippen molar-refractivity contribution in [2.75, 3.05) is 32.5 Å². The summed E-state index contributed by atoms with van der Waals surface area (Å²) in [6, 6.07) is 10.3. The molecule has 0 aliphatic carbocycles. The lowest BCUT2D eigenvalue weighted by Crippen LogP contribution is -2.60. The van der Waals surface area contributed by atoms with Gasteiger partial charge in [0.2, 0.25) is 5.91 Å². The molecule has 0 saturated carbocycles. The van der Waals surface area contributed by atoms with Crippen LogP contribution < -0.4 is 5.32 Å². The first kappa shape index (κ1) is 16.0. The minimum absolute atomic E-state index is 0.113. The van der Waals surface area contributed by atoms with E-state index in [0.717, 1.165) is 31.6 Å². The summed E-state index contributed by atoms with van der Waals surface area (Å²) in [4.78, 5) is 17.4. The first-order chi connectivity index (χ1) is 9.95. The van der Waals surface area contributed by atoms with Crippen LogP contribution in [0.25, 0.3) is 0 Å². The molecule has 1 aliphatic rings. The van der Waals surface area contributed by atoms with Crippen LogP contribution in [0.5, 0.6) is 0 Å². The normalized spacial score (nSPS) is 19.0. The number of rotatable bonds is 4. The fraction of sp³-hybridized carbons (Fsp3) is 0.588. The van der Waals surface area contributed by atoms with E-state index in [1.54, 1.807) is 0 Å². The van der Waals surface area contributed by atoms with Crippen LogP contribution in [0.15, 0.2) is 30.3 Å². The maximum atomic E-state index is 12.8. The van der Waals surface area contributed by atoms with Gasteiger partial charge in [0.25, 0.3) is 0 Å². The second kappa shape index (κ2) is 6.58. The zero-order valence-corrected chi connectivity index (χ0v) is 13.6. The van der Waals surface area contributed by atoms with Crippen molar-refractivity contribution in [3.05, 3.63) is 30.3 Å². The van der Waals surface area contributed by atoms with Crippen molar-refractivity contribution < 1.29 is 4.79 Å². The minimum Gasteiger partial charge on any atom is -0.324 e. The highest BCUT2D eigenvalue weighted by Gasteiger charge is 2.43. The third-order valence-electron chi connectivity index (χ3n) is 4.67. The predicted molar refractivity (Wildman–Crippen MR) is 87.4 cm³/mol. The maximum Gasteiger partial charge on any atom is 0.244 e. The van der Waals surface area contributed by atoms with Gasteiger partial charge in [-0.15, -0.1) is 0 Å². The molecule has 0 unspecified atom stereocenters. The van der Waals surface area contributed by atoms with Crippen molar-refractivity contribution in [1.29, 1.82) is 0 Å². The smallest absolute Gasteiger partial charge is 0.244 e. The van der Waals surface area contributed by atoms with Crippen LogP contribution in [0.1, 0.15) is 26.7 Å². The second-order valence-electron chi connectivity index (χ2n) is 6.38. The van der Waals surface area contributed by atoms with Gasteiger partial charge in [-0.05, 0) is 52.9 Å². The quantitative estimate of drug-likeness (QED) is 0.924. The molecule has 0 bridgehead atoms. The topological polar surface area (TPSA) is 35.6 Å². The summed E-state index contributed by atoms with van der Waals surface area (Å²) in [5, 5.41) is 3.08. The Balaban J connectivity index is 2.10. The van der Waals surface area contributed by atoms with E-state index in [2.05, 4.69) is 29.0 Å². The molecule has 2 rings (SSSR count). The van der Waals surface area contributed by atoms with E-state index < -0.39 is 5.54 Å². The van der Waals surface area contributed by atoms with Crippen molar-refractivity contribution in [3.63, 3.8) is 0 Å². The number of hydrogen-bond acceptors (Lipinski definition) is 3. The number of amides is 1. The van der Waals surface area contributed by atoms with E-state index in [1.807, 2.05) is 44.4 Å². The molecule has 4 nitrogen and oxygen atoms in total. The summed E-state index contributed by atoms with van der Waals surface area (Å²) in [5.74, 6) is 0.113. The molecule has 1 saturated heterocycles. The van der Waals surface area contributed by atoms with Gasteiger partial charge in [-0.2, -0.15) is 0 Å². The van der Waals surface area contributed by atoms with Gasteiger partial charge in [0.05, 0.1) is 0 Å². The van der Waals surface area contributed by atoms with E-state index in [1.165, 1.54) is 0 Å². The number of benzene rings is 1. The lowest BCUT2D eigenvalue weighted by molar-refractivity contribution is -0.130. The Kier molecular flexibility index (Phi) is 5.01. The van der Waals surface area contributed by atoms with Crippen molar-refractivity contribution >= 4 is 11.6 Å². The number of piperidine rings is 1. The van der Waals surface area contributed by atoms with Crippen LogP contribution in [0.4, 0.5) is 5.69 Å². The number of carbonyl (C=O) groups is 1. The minimum atomic E-state index is -0.402.